The molecule has 1 aliphatic heterocycles. The number of piperazine rings is 1. The molecular weight excluding hydrogens is 288 g/mol. The van der Waals surface area contributed by atoms with Gasteiger partial charge in [0.25, 0.3) is 0 Å². The van der Waals surface area contributed by atoms with E-state index >= 15 is 0 Å². The van der Waals surface area contributed by atoms with Crippen LogP contribution in [0.4, 0.5) is 11.4 Å². The van der Waals surface area contributed by atoms with Gasteiger partial charge in [0.1, 0.15) is 0 Å². The minimum Gasteiger partial charge on any atom is -0.462 e. The molecule has 4 heteroatoms. The first-order valence-electron chi connectivity index (χ1n) is 8.10. The fraction of sp³-hybridized carbons (Fsp3) is 0.316. The van der Waals surface area contributed by atoms with Gasteiger partial charge in [-0.25, -0.2) is 4.79 Å². The maximum Gasteiger partial charge on any atom is 0.338 e. The lowest BCUT2D eigenvalue weighted by molar-refractivity contribution is 0.0526. The van der Waals surface area contributed by atoms with E-state index in [0.717, 1.165) is 31.9 Å². The highest BCUT2D eigenvalue weighted by Gasteiger charge is 2.17. The van der Waals surface area contributed by atoms with E-state index in [9.17, 15) is 4.79 Å². The highest BCUT2D eigenvalue weighted by atomic mass is 16.5. The van der Waals surface area contributed by atoms with Crippen molar-refractivity contribution in [3.8, 4) is 0 Å². The van der Waals surface area contributed by atoms with Crippen LogP contribution >= 0.6 is 0 Å². The summed E-state index contributed by atoms with van der Waals surface area (Å²) in [5.74, 6) is -0.257. The molecule has 1 heterocycles. The van der Waals surface area contributed by atoms with Crippen LogP contribution in [-0.2, 0) is 4.74 Å². The molecule has 120 valence electrons. The zero-order valence-electron chi connectivity index (χ0n) is 13.4. The third-order valence-electron chi connectivity index (χ3n) is 4.14. The number of benzene rings is 2. The predicted molar refractivity (Wildman–Crippen MR) is 93.3 cm³/mol. The van der Waals surface area contributed by atoms with Crippen LogP contribution in [0.2, 0.25) is 0 Å². The van der Waals surface area contributed by atoms with E-state index < -0.39 is 0 Å². The van der Waals surface area contributed by atoms with E-state index in [2.05, 4.69) is 34.1 Å². The highest BCUT2D eigenvalue weighted by Crippen LogP contribution is 2.21. The molecular formula is C19H22N2O2. The van der Waals surface area contributed by atoms with Crippen LogP contribution in [-0.4, -0.2) is 38.8 Å². The lowest BCUT2D eigenvalue weighted by Gasteiger charge is -2.37. The number of hydrogen-bond donors (Lipinski definition) is 0. The quantitative estimate of drug-likeness (QED) is 0.812. The molecule has 4 nitrogen and oxygen atoms in total. The van der Waals surface area contributed by atoms with E-state index in [0.29, 0.717) is 12.2 Å². The van der Waals surface area contributed by atoms with Gasteiger partial charge in [-0.05, 0) is 43.3 Å². The van der Waals surface area contributed by atoms with Crippen LogP contribution < -0.4 is 9.80 Å². The van der Waals surface area contributed by atoms with Gasteiger partial charge in [0.15, 0.2) is 0 Å². The summed E-state index contributed by atoms with van der Waals surface area (Å²) < 4.78 is 5.02. The second-order valence-corrected chi connectivity index (χ2v) is 5.58. The predicted octanol–water partition coefficient (Wildman–Crippen LogP) is 3.19. The third kappa shape index (κ3) is 3.65. The molecule has 23 heavy (non-hydrogen) atoms. The van der Waals surface area contributed by atoms with Crippen LogP contribution in [0.25, 0.3) is 0 Å². The molecule has 0 amide bonds. The molecule has 0 bridgehead atoms. The Hall–Kier alpha value is -2.49. The van der Waals surface area contributed by atoms with Crippen molar-refractivity contribution in [3.63, 3.8) is 0 Å². The topological polar surface area (TPSA) is 32.8 Å². The SMILES string of the molecule is CCOC(=O)c1ccc(N2CCN(c3ccccc3)CC2)cc1. The molecule has 1 fully saturated rings. The lowest BCUT2D eigenvalue weighted by Crippen LogP contribution is -2.46. The molecule has 0 aromatic heterocycles. The summed E-state index contributed by atoms with van der Waals surface area (Å²) in [4.78, 5) is 16.5. The van der Waals surface area contributed by atoms with Crippen molar-refractivity contribution >= 4 is 17.3 Å². The number of anilines is 2. The number of hydrogen-bond acceptors (Lipinski definition) is 4. The Morgan fingerprint density at radius 1 is 0.870 bits per heavy atom. The summed E-state index contributed by atoms with van der Waals surface area (Å²) in [6, 6.07) is 18.2. The van der Waals surface area contributed by atoms with Gasteiger partial charge in [-0.3, -0.25) is 0 Å². The van der Waals surface area contributed by atoms with E-state index in [1.165, 1.54) is 5.69 Å². The van der Waals surface area contributed by atoms with Crippen LogP contribution in [0.1, 0.15) is 17.3 Å². The number of carbonyl (C=O) groups is 1. The van der Waals surface area contributed by atoms with Crippen molar-refractivity contribution < 1.29 is 9.53 Å². The van der Waals surface area contributed by atoms with E-state index in [1.54, 1.807) is 0 Å². The highest BCUT2D eigenvalue weighted by molar-refractivity contribution is 5.89. The molecule has 2 aromatic rings. The fourth-order valence-electron chi connectivity index (χ4n) is 2.88. The van der Waals surface area contributed by atoms with E-state index in [-0.39, 0.29) is 5.97 Å². The van der Waals surface area contributed by atoms with Crippen molar-refractivity contribution in [2.75, 3.05) is 42.6 Å². The number of ether oxygens (including phenoxy) is 1. The normalized spacial score (nSPS) is 14.7. The summed E-state index contributed by atoms with van der Waals surface area (Å²) in [5.41, 5.74) is 3.05. The summed E-state index contributed by atoms with van der Waals surface area (Å²) in [6.45, 7) is 6.19. The first-order valence-corrected chi connectivity index (χ1v) is 8.10. The first-order chi connectivity index (χ1) is 11.3. The second-order valence-electron chi connectivity index (χ2n) is 5.58. The Kier molecular flexibility index (Phi) is 4.81. The summed E-state index contributed by atoms with van der Waals surface area (Å²) in [6.07, 6.45) is 0. The minimum atomic E-state index is -0.257. The zero-order chi connectivity index (χ0) is 16.1. The molecule has 0 N–H and O–H groups in total. The molecule has 1 aliphatic rings. The van der Waals surface area contributed by atoms with Crippen LogP contribution in [0.5, 0.6) is 0 Å². The van der Waals surface area contributed by atoms with E-state index in [4.69, 9.17) is 4.74 Å². The molecule has 0 saturated carbocycles. The number of esters is 1. The Bertz CT molecular complexity index is 632. The third-order valence-corrected chi connectivity index (χ3v) is 4.14. The smallest absolute Gasteiger partial charge is 0.338 e. The average molecular weight is 310 g/mol. The average Bonchev–Trinajstić information content (AvgIpc) is 2.63. The number of para-hydroxylation sites is 1. The number of rotatable bonds is 4. The minimum absolute atomic E-state index is 0.257. The summed E-state index contributed by atoms with van der Waals surface area (Å²) >= 11 is 0. The Morgan fingerprint density at radius 2 is 1.39 bits per heavy atom. The van der Waals surface area contributed by atoms with Crippen molar-refractivity contribution in [2.45, 2.75) is 6.92 Å². The fourth-order valence-corrected chi connectivity index (χ4v) is 2.88. The Labute approximate surface area is 137 Å². The van der Waals surface area contributed by atoms with Gasteiger partial charge < -0.3 is 14.5 Å². The van der Waals surface area contributed by atoms with Crippen molar-refractivity contribution in [1.82, 2.24) is 0 Å². The number of nitrogens with zero attached hydrogens (tertiary/aromatic N) is 2. The standard InChI is InChI=1S/C19H22N2O2/c1-2-23-19(22)16-8-10-18(11-9-16)21-14-12-20(13-15-21)17-6-4-3-5-7-17/h3-11H,2,12-15H2,1H3. The maximum atomic E-state index is 11.7. The molecule has 3 rings (SSSR count). The molecule has 0 radical (unpaired) electrons. The van der Waals surface area contributed by atoms with Gasteiger partial charge in [-0.2, -0.15) is 0 Å². The zero-order valence-corrected chi connectivity index (χ0v) is 13.4. The van der Waals surface area contributed by atoms with Gasteiger partial charge in [0, 0.05) is 37.6 Å². The van der Waals surface area contributed by atoms with Gasteiger partial charge in [0.2, 0.25) is 0 Å². The van der Waals surface area contributed by atoms with Gasteiger partial charge >= 0.3 is 5.97 Å². The first kappa shape index (κ1) is 15.4. The lowest BCUT2D eigenvalue weighted by atomic mass is 10.1. The van der Waals surface area contributed by atoms with Gasteiger partial charge in [-0.1, -0.05) is 18.2 Å². The Morgan fingerprint density at radius 3 is 1.91 bits per heavy atom. The van der Waals surface area contributed by atoms with Crippen LogP contribution in [0.15, 0.2) is 54.6 Å². The van der Waals surface area contributed by atoms with Gasteiger partial charge in [0.05, 0.1) is 12.2 Å². The van der Waals surface area contributed by atoms with Crippen LogP contribution in [0, 0.1) is 0 Å². The second kappa shape index (κ2) is 7.18. The largest absolute Gasteiger partial charge is 0.462 e. The summed E-state index contributed by atoms with van der Waals surface area (Å²) in [7, 11) is 0. The molecule has 0 aliphatic carbocycles. The number of carbonyl (C=O) groups excluding carboxylic acids is 1. The van der Waals surface area contributed by atoms with Crippen molar-refractivity contribution in [3.05, 3.63) is 60.2 Å². The molecule has 0 atom stereocenters. The molecule has 2 aromatic carbocycles. The maximum absolute atomic E-state index is 11.7. The van der Waals surface area contributed by atoms with Crippen molar-refractivity contribution in [1.29, 1.82) is 0 Å². The van der Waals surface area contributed by atoms with Crippen molar-refractivity contribution in [2.24, 2.45) is 0 Å². The molecule has 1 saturated heterocycles. The van der Waals surface area contributed by atoms with E-state index in [1.807, 2.05) is 37.3 Å². The summed E-state index contributed by atoms with van der Waals surface area (Å²) in [5, 5.41) is 0. The molecule has 0 unspecified atom stereocenters. The monoisotopic (exact) mass is 310 g/mol. The Balaban J connectivity index is 1.60. The molecule has 0 spiro atoms. The van der Waals surface area contributed by atoms with Gasteiger partial charge in [-0.15, -0.1) is 0 Å². The van der Waals surface area contributed by atoms with Crippen LogP contribution in [0.3, 0.4) is 0 Å².